The Morgan fingerprint density at radius 2 is 1.82 bits per heavy atom. The second kappa shape index (κ2) is 12.6. The Bertz CT molecular complexity index is 1380. The van der Waals surface area contributed by atoms with E-state index in [0.29, 0.717) is 22.7 Å². The number of ether oxygens (including phenoxy) is 1. The highest BCUT2D eigenvalue weighted by atomic mass is 35.5. The number of nitrogen functional groups attached to an aromatic ring is 1. The molecule has 1 aliphatic heterocycles. The van der Waals surface area contributed by atoms with Crippen LogP contribution in [0.4, 0.5) is 11.4 Å². The van der Waals surface area contributed by atoms with Gasteiger partial charge in [0.05, 0.1) is 0 Å². The molecule has 1 unspecified atom stereocenters. The minimum atomic E-state index is -1.09. The summed E-state index contributed by atoms with van der Waals surface area (Å²) in [7, 11) is 0. The molecule has 1 atom stereocenters. The maximum atomic E-state index is 13.3. The zero-order valence-corrected chi connectivity index (χ0v) is 22.8. The SMILES string of the molecule is CCNc1ccccc1CNc1cc(C(=N)N)ccc1CNC(=O)C(OCC)N1Cc2ccc(Cl)cc2C1=O. The number of nitrogens with zero attached hydrogens (tertiary/aromatic N) is 1. The summed E-state index contributed by atoms with van der Waals surface area (Å²) in [4.78, 5) is 27.8. The van der Waals surface area contributed by atoms with Gasteiger partial charge in [0.1, 0.15) is 5.84 Å². The molecule has 39 heavy (non-hydrogen) atoms. The Hall–Kier alpha value is -4.08. The lowest BCUT2D eigenvalue weighted by Crippen LogP contribution is -2.48. The quantitative estimate of drug-likeness (QED) is 0.169. The molecule has 0 fully saturated rings. The van der Waals surface area contributed by atoms with Crippen LogP contribution in [0.15, 0.2) is 60.7 Å². The number of hydrogen-bond acceptors (Lipinski definition) is 6. The first-order chi connectivity index (χ1) is 18.8. The summed E-state index contributed by atoms with van der Waals surface area (Å²) in [5.41, 5.74) is 11.2. The highest BCUT2D eigenvalue weighted by molar-refractivity contribution is 6.31. The summed E-state index contributed by atoms with van der Waals surface area (Å²) in [5, 5.41) is 18.0. The van der Waals surface area contributed by atoms with Gasteiger partial charge in [0.2, 0.25) is 6.23 Å². The van der Waals surface area contributed by atoms with Gasteiger partial charge in [0, 0.05) is 60.3 Å². The van der Waals surface area contributed by atoms with Crippen molar-refractivity contribution >= 4 is 40.6 Å². The molecular formula is C29H33ClN6O3. The fourth-order valence-corrected chi connectivity index (χ4v) is 4.68. The minimum absolute atomic E-state index is 0.0506. The second-order valence-corrected chi connectivity index (χ2v) is 9.52. The Balaban J connectivity index is 1.50. The lowest BCUT2D eigenvalue weighted by molar-refractivity contribution is -0.143. The number of benzene rings is 3. The predicted octanol–water partition coefficient (Wildman–Crippen LogP) is 4.30. The Kier molecular flexibility index (Phi) is 9.06. The highest BCUT2D eigenvalue weighted by Gasteiger charge is 2.37. The van der Waals surface area contributed by atoms with Crippen LogP contribution < -0.4 is 21.7 Å². The molecular weight excluding hydrogens is 516 g/mol. The predicted molar refractivity (Wildman–Crippen MR) is 154 cm³/mol. The molecule has 2 amide bonds. The third kappa shape index (κ3) is 6.50. The van der Waals surface area contributed by atoms with E-state index in [9.17, 15) is 9.59 Å². The van der Waals surface area contributed by atoms with E-state index >= 15 is 0 Å². The number of rotatable bonds is 12. The van der Waals surface area contributed by atoms with E-state index < -0.39 is 12.1 Å². The van der Waals surface area contributed by atoms with Crippen molar-refractivity contribution in [3.05, 3.63) is 93.5 Å². The van der Waals surface area contributed by atoms with Crippen LogP contribution in [0.3, 0.4) is 0 Å². The third-order valence-electron chi connectivity index (χ3n) is 6.46. The lowest BCUT2D eigenvalue weighted by atomic mass is 10.1. The Labute approximate surface area is 233 Å². The number of nitrogens with two attached hydrogens (primary N) is 1. The minimum Gasteiger partial charge on any atom is -0.385 e. The molecule has 9 nitrogen and oxygen atoms in total. The van der Waals surface area contributed by atoms with Gasteiger partial charge in [-0.2, -0.15) is 0 Å². The molecule has 0 aliphatic carbocycles. The van der Waals surface area contributed by atoms with Crippen molar-refractivity contribution in [2.75, 3.05) is 23.8 Å². The van der Waals surface area contributed by atoms with Crippen LogP contribution in [0, 0.1) is 5.41 Å². The van der Waals surface area contributed by atoms with Crippen LogP contribution in [0.5, 0.6) is 0 Å². The number of carbonyl (C=O) groups is 2. The van der Waals surface area contributed by atoms with Crippen LogP contribution >= 0.6 is 11.6 Å². The number of carbonyl (C=O) groups excluding carboxylic acids is 2. The average molecular weight is 549 g/mol. The van der Waals surface area contributed by atoms with Crippen molar-refractivity contribution < 1.29 is 14.3 Å². The van der Waals surface area contributed by atoms with Crippen molar-refractivity contribution in [3.63, 3.8) is 0 Å². The van der Waals surface area contributed by atoms with Gasteiger partial charge >= 0.3 is 0 Å². The molecule has 0 aromatic heterocycles. The number of para-hydroxylation sites is 1. The lowest BCUT2D eigenvalue weighted by Gasteiger charge is -2.26. The fraction of sp³-hybridized carbons (Fsp3) is 0.276. The zero-order chi connectivity index (χ0) is 27.9. The summed E-state index contributed by atoms with van der Waals surface area (Å²) >= 11 is 6.08. The molecule has 4 rings (SSSR count). The molecule has 0 bridgehead atoms. The molecule has 3 aromatic carbocycles. The normalized spacial score (nSPS) is 13.1. The number of nitrogens with one attached hydrogen (secondary N) is 4. The van der Waals surface area contributed by atoms with Crippen molar-refractivity contribution in [1.82, 2.24) is 10.2 Å². The van der Waals surface area contributed by atoms with Gasteiger partial charge < -0.3 is 31.3 Å². The smallest absolute Gasteiger partial charge is 0.270 e. The first kappa shape index (κ1) is 27.9. The third-order valence-corrected chi connectivity index (χ3v) is 6.70. The Morgan fingerprint density at radius 1 is 1.05 bits per heavy atom. The standard InChI is InChI=1S/C29H33ClN6O3/c1-3-33-24-8-6-5-7-19(24)15-34-25-13-18(26(31)32)9-10-20(25)16-35-27(37)29(39-4-2)36-17-21-11-12-22(30)14-23(21)28(36)38/h5-14,29,33-34H,3-4,15-17H2,1-2H3,(H3,31,32)(H,35,37). The number of hydrogen-bond donors (Lipinski definition) is 5. The number of amides is 2. The summed E-state index contributed by atoms with van der Waals surface area (Å²) in [6.45, 7) is 5.83. The fourth-order valence-electron chi connectivity index (χ4n) is 4.51. The second-order valence-electron chi connectivity index (χ2n) is 9.09. The monoisotopic (exact) mass is 548 g/mol. The van der Waals surface area contributed by atoms with Crippen molar-refractivity contribution in [1.29, 1.82) is 5.41 Å². The molecule has 6 N–H and O–H groups in total. The van der Waals surface area contributed by atoms with Crippen LogP contribution in [-0.4, -0.2) is 41.9 Å². The van der Waals surface area contributed by atoms with E-state index in [2.05, 4.69) is 16.0 Å². The number of amidine groups is 1. The molecule has 0 saturated heterocycles. The molecule has 0 spiro atoms. The topological polar surface area (TPSA) is 133 Å². The molecule has 204 valence electrons. The summed E-state index contributed by atoms with van der Waals surface area (Å²) in [5.74, 6) is -0.776. The summed E-state index contributed by atoms with van der Waals surface area (Å²) in [6.07, 6.45) is -1.09. The van der Waals surface area contributed by atoms with Crippen LogP contribution in [0.25, 0.3) is 0 Å². The largest absolute Gasteiger partial charge is 0.385 e. The van der Waals surface area contributed by atoms with Gasteiger partial charge in [-0.25, -0.2) is 0 Å². The van der Waals surface area contributed by atoms with Gasteiger partial charge in [-0.05, 0) is 54.8 Å². The first-order valence-electron chi connectivity index (χ1n) is 12.8. The highest BCUT2D eigenvalue weighted by Crippen LogP contribution is 2.28. The molecule has 0 saturated carbocycles. The van der Waals surface area contributed by atoms with Crippen molar-refractivity contribution in [2.24, 2.45) is 5.73 Å². The molecule has 1 heterocycles. The number of fused-ring (bicyclic) bond motifs is 1. The average Bonchev–Trinajstić information content (AvgIpc) is 3.25. The van der Waals surface area contributed by atoms with Gasteiger partial charge in [-0.15, -0.1) is 0 Å². The summed E-state index contributed by atoms with van der Waals surface area (Å²) in [6, 6.07) is 18.5. The molecule has 10 heteroatoms. The number of halogens is 1. The molecule has 0 radical (unpaired) electrons. The van der Waals surface area contributed by atoms with E-state index in [1.54, 1.807) is 37.3 Å². The van der Waals surface area contributed by atoms with E-state index in [1.807, 2.05) is 37.3 Å². The van der Waals surface area contributed by atoms with Gasteiger partial charge in [-0.3, -0.25) is 15.0 Å². The maximum absolute atomic E-state index is 13.3. The van der Waals surface area contributed by atoms with Crippen molar-refractivity contribution in [2.45, 2.75) is 39.7 Å². The summed E-state index contributed by atoms with van der Waals surface area (Å²) < 4.78 is 5.72. The maximum Gasteiger partial charge on any atom is 0.270 e. The molecule has 3 aromatic rings. The first-order valence-corrected chi connectivity index (χ1v) is 13.2. The zero-order valence-electron chi connectivity index (χ0n) is 22.0. The van der Waals surface area contributed by atoms with Crippen LogP contribution in [0.2, 0.25) is 5.02 Å². The van der Waals surface area contributed by atoms with Gasteiger partial charge in [-0.1, -0.05) is 48.0 Å². The van der Waals surface area contributed by atoms with E-state index in [0.717, 1.165) is 34.6 Å². The van der Waals surface area contributed by atoms with E-state index in [1.165, 1.54) is 4.90 Å². The Morgan fingerprint density at radius 3 is 2.56 bits per heavy atom. The van der Waals surface area contributed by atoms with E-state index in [4.69, 9.17) is 27.5 Å². The number of anilines is 2. The van der Waals surface area contributed by atoms with Crippen LogP contribution in [0.1, 0.15) is 46.5 Å². The molecule has 1 aliphatic rings. The van der Waals surface area contributed by atoms with Gasteiger partial charge in [0.15, 0.2) is 0 Å². The van der Waals surface area contributed by atoms with Gasteiger partial charge in [0.25, 0.3) is 11.8 Å². The van der Waals surface area contributed by atoms with Crippen LogP contribution in [-0.2, 0) is 29.2 Å². The van der Waals surface area contributed by atoms with E-state index in [-0.39, 0.29) is 31.4 Å². The van der Waals surface area contributed by atoms with Crippen molar-refractivity contribution in [3.8, 4) is 0 Å².